The Bertz CT molecular complexity index is 866. The Kier molecular flexibility index (Phi) is 7.88. The third-order valence-electron chi connectivity index (χ3n) is 5.17. The van der Waals surface area contributed by atoms with Gasteiger partial charge in [0.15, 0.2) is 0 Å². The van der Waals surface area contributed by atoms with Crippen molar-refractivity contribution in [2.75, 3.05) is 19.8 Å². The molecule has 0 bridgehead atoms. The van der Waals surface area contributed by atoms with Crippen molar-refractivity contribution in [1.82, 2.24) is 0 Å². The van der Waals surface area contributed by atoms with E-state index in [1.807, 2.05) is 37.3 Å². The Labute approximate surface area is 181 Å². The van der Waals surface area contributed by atoms with Crippen LogP contribution >= 0.6 is 11.6 Å². The van der Waals surface area contributed by atoms with Gasteiger partial charge in [-0.05, 0) is 53.8 Å². The summed E-state index contributed by atoms with van der Waals surface area (Å²) in [5.74, 6) is 0.804. The molecule has 2 aromatic carbocycles. The second-order valence-corrected chi connectivity index (χ2v) is 7.57. The molecule has 162 valence electrons. The zero-order chi connectivity index (χ0) is 21.7. The summed E-state index contributed by atoms with van der Waals surface area (Å²) in [6, 6.07) is 13.2. The molecule has 2 aromatic rings. The molecule has 0 aliphatic carbocycles. The Hall–Kier alpha value is -1.93. The van der Waals surface area contributed by atoms with Crippen LogP contribution in [0, 0.1) is 0 Å². The number of ether oxygens (including phenoxy) is 2. The fourth-order valence-corrected chi connectivity index (χ4v) is 3.81. The van der Waals surface area contributed by atoms with Crippen molar-refractivity contribution in [2.45, 2.75) is 37.8 Å². The molecule has 0 spiro atoms. The van der Waals surface area contributed by atoms with Gasteiger partial charge in [0, 0.05) is 5.02 Å². The number of rotatable bonds is 7. The van der Waals surface area contributed by atoms with E-state index in [0.29, 0.717) is 29.2 Å². The maximum atomic E-state index is 10.5. The smallest absolute Gasteiger partial charge is 0.119 e. The minimum absolute atomic E-state index is 0.310. The normalized spacial score (nSPS) is 25.5. The molecular formula is C23H27ClO6. The van der Waals surface area contributed by atoms with Gasteiger partial charge in [-0.3, -0.25) is 0 Å². The van der Waals surface area contributed by atoms with Crippen molar-refractivity contribution in [3.63, 3.8) is 0 Å². The average molecular weight is 435 g/mol. The first-order chi connectivity index (χ1) is 14.5. The van der Waals surface area contributed by atoms with Gasteiger partial charge in [0.05, 0.1) is 19.8 Å². The van der Waals surface area contributed by atoms with E-state index in [9.17, 15) is 20.4 Å². The van der Waals surface area contributed by atoms with Gasteiger partial charge in [0.2, 0.25) is 0 Å². The Morgan fingerprint density at radius 3 is 2.47 bits per heavy atom. The van der Waals surface area contributed by atoms with Gasteiger partial charge in [-0.1, -0.05) is 41.9 Å². The van der Waals surface area contributed by atoms with Crippen LogP contribution in [0.3, 0.4) is 0 Å². The van der Waals surface area contributed by atoms with Gasteiger partial charge in [-0.15, -0.1) is 0 Å². The molecular weight excluding hydrogens is 408 g/mol. The van der Waals surface area contributed by atoms with Crippen LogP contribution in [0.5, 0.6) is 5.75 Å². The van der Waals surface area contributed by atoms with Crippen LogP contribution in [0.2, 0.25) is 5.02 Å². The molecule has 30 heavy (non-hydrogen) atoms. The summed E-state index contributed by atoms with van der Waals surface area (Å²) in [4.78, 5) is 0. The summed E-state index contributed by atoms with van der Waals surface area (Å²) in [5.41, 5.74) is 2.98. The SMILES string of the molecule is CCOc1ccc(Cc2cc([C@@H]3O[C@H](CO)[C@@H](O)[C@H](O)/C3=C\CO)ccc2Cl)cc1. The number of hydrogen-bond acceptors (Lipinski definition) is 6. The predicted octanol–water partition coefficient (Wildman–Crippen LogP) is 2.40. The highest BCUT2D eigenvalue weighted by Crippen LogP contribution is 2.38. The zero-order valence-corrected chi connectivity index (χ0v) is 17.5. The number of halogens is 1. The molecule has 1 fully saturated rings. The van der Waals surface area contributed by atoms with E-state index in [2.05, 4.69) is 0 Å². The highest BCUT2D eigenvalue weighted by atomic mass is 35.5. The predicted molar refractivity (Wildman–Crippen MR) is 114 cm³/mol. The molecule has 0 saturated carbocycles. The van der Waals surface area contributed by atoms with Crippen LogP contribution in [0.25, 0.3) is 0 Å². The summed E-state index contributed by atoms with van der Waals surface area (Å²) in [6.07, 6.45) is -2.18. The van der Waals surface area contributed by atoms with Crippen molar-refractivity contribution in [3.05, 3.63) is 75.8 Å². The molecule has 0 aromatic heterocycles. The molecule has 0 unspecified atom stereocenters. The molecule has 1 aliphatic rings. The number of benzene rings is 2. The second-order valence-electron chi connectivity index (χ2n) is 7.16. The van der Waals surface area contributed by atoms with Crippen molar-refractivity contribution in [3.8, 4) is 5.75 Å². The highest BCUT2D eigenvalue weighted by Gasteiger charge is 2.40. The standard InChI is InChI=1S/C23H27ClO6/c1-2-29-17-6-3-14(4-7-17)11-16-12-15(5-8-19(16)24)23-18(9-10-25)21(27)22(28)20(13-26)30-23/h3-9,12,20-23,25-28H,2,10-11,13H2,1H3/b18-9+/t20-,21-,22-,23+/m1/s1. The first kappa shape index (κ1) is 22.7. The maximum absolute atomic E-state index is 10.5. The quantitative estimate of drug-likeness (QED) is 0.499. The van der Waals surface area contributed by atoms with Crippen molar-refractivity contribution in [2.24, 2.45) is 0 Å². The van der Waals surface area contributed by atoms with Crippen LogP contribution < -0.4 is 4.74 Å². The first-order valence-electron chi connectivity index (χ1n) is 9.91. The molecule has 0 radical (unpaired) electrons. The van der Waals surface area contributed by atoms with E-state index >= 15 is 0 Å². The molecule has 6 nitrogen and oxygen atoms in total. The summed E-state index contributed by atoms with van der Waals surface area (Å²) in [7, 11) is 0. The number of aliphatic hydroxyl groups is 4. The van der Waals surface area contributed by atoms with Gasteiger partial charge in [-0.25, -0.2) is 0 Å². The van der Waals surface area contributed by atoms with Crippen LogP contribution in [0.4, 0.5) is 0 Å². The van der Waals surface area contributed by atoms with Crippen LogP contribution in [-0.2, 0) is 11.2 Å². The molecule has 4 atom stereocenters. The molecule has 0 amide bonds. The summed E-state index contributed by atoms with van der Waals surface area (Å²) >= 11 is 6.42. The van der Waals surface area contributed by atoms with Crippen molar-refractivity contribution >= 4 is 11.6 Å². The van der Waals surface area contributed by atoms with Gasteiger partial charge in [0.1, 0.15) is 30.2 Å². The average Bonchev–Trinajstić information content (AvgIpc) is 2.75. The zero-order valence-electron chi connectivity index (χ0n) is 16.7. The third-order valence-corrected chi connectivity index (χ3v) is 5.54. The largest absolute Gasteiger partial charge is 0.494 e. The Morgan fingerprint density at radius 2 is 1.83 bits per heavy atom. The number of hydrogen-bond donors (Lipinski definition) is 4. The molecule has 7 heteroatoms. The number of aliphatic hydroxyl groups excluding tert-OH is 4. The lowest BCUT2D eigenvalue weighted by Crippen LogP contribution is -2.48. The second kappa shape index (κ2) is 10.4. The first-order valence-corrected chi connectivity index (χ1v) is 10.3. The monoisotopic (exact) mass is 434 g/mol. The fraction of sp³-hybridized carbons (Fsp3) is 0.391. The molecule has 3 rings (SSSR count). The van der Waals surface area contributed by atoms with Gasteiger partial charge < -0.3 is 29.9 Å². The lowest BCUT2D eigenvalue weighted by Gasteiger charge is -2.39. The minimum Gasteiger partial charge on any atom is -0.494 e. The van der Waals surface area contributed by atoms with Crippen LogP contribution in [0.1, 0.15) is 29.7 Å². The minimum atomic E-state index is -1.28. The van der Waals surface area contributed by atoms with E-state index in [0.717, 1.165) is 16.9 Å². The van der Waals surface area contributed by atoms with Crippen molar-refractivity contribution < 1.29 is 29.9 Å². The maximum Gasteiger partial charge on any atom is 0.119 e. The van der Waals surface area contributed by atoms with Gasteiger partial charge >= 0.3 is 0 Å². The molecule has 1 heterocycles. The lowest BCUT2D eigenvalue weighted by molar-refractivity contribution is -0.152. The van der Waals surface area contributed by atoms with E-state index in [1.54, 1.807) is 12.1 Å². The van der Waals surface area contributed by atoms with Gasteiger partial charge in [0.25, 0.3) is 0 Å². The Morgan fingerprint density at radius 1 is 1.10 bits per heavy atom. The van der Waals surface area contributed by atoms with E-state index in [4.69, 9.17) is 21.1 Å². The molecule has 4 N–H and O–H groups in total. The van der Waals surface area contributed by atoms with E-state index in [-0.39, 0.29) is 6.61 Å². The van der Waals surface area contributed by atoms with E-state index < -0.39 is 31.0 Å². The molecule has 1 saturated heterocycles. The topological polar surface area (TPSA) is 99.4 Å². The summed E-state index contributed by atoms with van der Waals surface area (Å²) in [6.45, 7) is 1.79. The van der Waals surface area contributed by atoms with Crippen LogP contribution in [-0.4, -0.2) is 58.6 Å². The van der Waals surface area contributed by atoms with Crippen molar-refractivity contribution in [1.29, 1.82) is 0 Å². The fourth-order valence-electron chi connectivity index (χ4n) is 3.63. The summed E-state index contributed by atoms with van der Waals surface area (Å²) < 4.78 is 11.3. The summed E-state index contributed by atoms with van der Waals surface area (Å²) in [5, 5.41) is 40.1. The van der Waals surface area contributed by atoms with E-state index in [1.165, 1.54) is 6.08 Å². The Balaban J connectivity index is 1.89. The highest BCUT2D eigenvalue weighted by molar-refractivity contribution is 6.31. The lowest BCUT2D eigenvalue weighted by atomic mass is 9.87. The third kappa shape index (κ3) is 5.03. The molecule has 1 aliphatic heterocycles. The van der Waals surface area contributed by atoms with Crippen LogP contribution in [0.15, 0.2) is 54.1 Å². The van der Waals surface area contributed by atoms with Gasteiger partial charge in [-0.2, -0.15) is 0 Å².